The summed E-state index contributed by atoms with van der Waals surface area (Å²) in [5.74, 6) is 0.867. The van der Waals surface area contributed by atoms with Gasteiger partial charge in [0.1, 0.15) is 11.5 Å². The van der Waals surface area contributed by atoms with Gasteiger partial charge in [-0.15, -0.1) is 0 Å². The van der Waals surface area contributed by atoms with Crippen molar-refractivity contribution in [1.29, 1.82) is 0 Å². The summed E-state index contributed by atoms with van der Waals surface area (Å²) in [7, 11) is -7.18. The van der Waals surface area contributed by atoms with Crippen LogP contribution >= 0.6 is 7.75 Å². The molecule has 3 rings (SSSR count). The Morgan fingerprint density at radius 1 is 0.857 bits per heavy atom. The number of benzene rings is 2. The molecule has 9 heteroatoms. The molecule has 0 aliphatic heterocycles. The molecule has 0 heterocycles. The molecular weight excluding hydrogens is 401 g/mol. The van der Waals surface area contributed by atoms with E-state index in [1.54, 1.807) is 48.5 Å². The van der Waals surface area contributed by atoms with E-state index in [9.17, 15) is 13.0 Å². The largest absolute Gasteiger partial charge is 0.513 e. The highest BCUT2D eigenvalue weighted by atomic mass is 32.2. The topological polar surface area (TPSA) is 90.9 Å². The van der Waals surface area contributed by atoms with E-state index in [-0.39, 0.29) is 12.1 Å². The lowest BCUT2D eigenvalue weighted by atomic mass is 9.94. The molecule has 0 atom stereocenters. The van der Waals surface area contributed by atoms with Crippen LogP contribution in [0.1, 0.15) is 25.7 Å². The first-order valence-corrected chi connectivity index (χ1v) is 12.4. The van der Waals surface area contributed by atoms with Gasteiger partial charge in [-0.2, -0.15) is 13.5 Å². The van der Waals surface area contributed by atoms with Crippen LogP contribution in [0.2, 0.25) is 0 Å². The van der Waals surface area contributed by atoms with Crippen LogP contribution < -0.4 is 14.1 Å². The SMILES string of the molecule is CS(=O)(=O)OC1CCC(NP(=O)(Oc2ccccc2)Oc2ccccc2)CC1. The van der Waals surface area contributed by atoms with Crippen LogP contribution in [0.3, 0.4) is 0 Å². The van der Waals surface area contributed by atoms with Gasteiger partial charge in [-0.25, -0.2) is 4.57 Å². The van der Waals surface area contributed by atoms with Crippen molar-refractivity contribution in [2.24, 2.45) is 0 Å². The van der Waals surface area contributed by atoms with Crippen molar-refractivity contribution in [1.82, 2.24) is 5.09 Å². The zero-order valence-corrected chi connectivity index (χ0v) is 17.3. The predicted molar refractivity (Wildman–Crippen MR) is 107 cm³/mol. The Labute approximate surface area is 165 Å². The molecule has 0 aromatic heterocycles. The van der Waals surface area contributed by atoms with Crippen LogP contribution in [0, 0.1) is 0 Å². The van der Waals surface area contributed by atoms with E-state index in [1.165, 1.54) is 0 Å². The van der Waals surface area contributed by atoms with E-state index < -0.39 is 17.9 Å². The van der Waals surface area contributed by atoms with Gasteiger partial charge in [0.05, 0.1) is 12.4 Å². The van der Waals surface area contributed by atoms with Crippen molar-refractivity contribution in [2.45, 2.75) is 37.8 Å². The first-order valence-electron chi connectivity index (χ1n) is 9.07. The van der Waals surface area contributed by atoms with Crippen molar-refractivity contribution < 1.29 is 26.2 Å². The van der Waals surface area contributed by atoms with Crippen LogP contribution in [0.5, 0.6) is 11.5 Å². The van der Waals surface area contributed by atoms with Gasteiger partial charge >= 0.3 is 7.75 Å². The summed E-state index contributed by atoms with van der Waals surface area (Å²) < 4.78 is 52.5. The lowest BCUT2D eigenvalue weighted by molar-refractivity contribution is 0.150. The second-order valence-corrected chi connectivity index (χ2v) is 9.93. The van der Waals surface area contributed by atoms with Gasteiger partial charge < -0.3 is 9.05 Å². The summed E-state index contributed by atoms with van der Waals surface area (Å²) in [5, 5.41) is 3.02. The zero-order chi connectivity index (χ0) is 20.0. The fourth-order valence-corrected chi connectivity index (χ4v) is 5.40. The van der Waals surface area contributed by atoms with Gasteiger partial charge in [-0.1, -0.05) is 36.4 Å². The first kappa shape index (κ1) is 20.9. The molecule has 0 amide bonds. The highest BCUT2D eigenvalue weighted by Crippen LogP contribution is 2.46. The molecule has 1 saturated carbocycles. The molecule has 152 valence electrons. The van der Waals surface area contributed by atoms with Crippen LogP contribution in [-0.2, 0) is 18.9 Å². The smallest absolute Gasteiger partial charge is 0.405 e. The highest BCUT2D eigenvalue weighted by molar-refractivity contribution is 7.86. The number of para-hydroxylation sites is 2. The molecule has 7 nitrogen and oxygen atoms in total. The Hall–Kier alpha value is -1.86. The lowest BCUT2D eigenvalue weighted by Crippen LogP contribution is -2.36. The van der Waals surface area contributed by atoms with E-state index in [2.05, 4.69) is 5.09 Å². The summed E-state index contributed by atoms with van der Waals surface area (Å²) in [5.41, 5.74) is 0. The van der Waals surface area contributed by atoms with E-state index in [0.29, 0.717) is 37.2 Å². The fraction of sp³-hybridized carbons (Fsp3) is 0.368. The number of hydrogen-bond donors (Lipinski definition) is 1. The van der Waals surface area contributed by atoms with Gasteiger partial charge in [-0.05, 0) is 49.9 Å². The first-order chi connectivity index (χ1) is 13.3. The van der Waals surface area contributed by atoms with E-state index >= 15 is 0 Å². The van der Waals surface area contributed by atoms with Gasteiger partial charge in [0.2, 0.25) is 0 Å². The monoisotopic (exact) mass is 425 g/mol. The second-order valence-electron chi connectivity index (χ2n) is 6.71. The quantitative estimate of drug-likeness (QED) is 0.502. The molecule has 1 aliphatic carbocycles. The minimum Gasteiger partial charge on any atom is -0.405 e. The predicted octanol–water partition coefficient (Wildman–Crippen LogP) is 4.13. The maximum Gasteiger partial charge on any atom is 0.513 e. The lowest BCUT2D eigenvalue weighted by Gasteiger charge is -2.30. The second kappa shape index (κ2) is 9.09. The van der Waals surface area contributed by atoms with Crippen molar-refractivity contribution in [3.8, 4) is 11.5 Å². The summed E-state index contributed by atoms with van der Waals surface area (Å²) in [4.78, 5) is 0. The number of nitrogens with one attached hydrogen (secondary N) is 1. The van der Waals surface area contributed by atoms with Gasteiger partial charge in [0.25, 0.3) is 10.1 Å². The maximum atomic E-state index is 13.4. The van der Waals surface area contributed by atoms with Gasteiger partial charge in [0.15, 0.2) is 0 Å². The minimum atomic E-state index is -3.70. The van der Waals surface area contributed by atoms with Crippen LogP contribution in [-0.4, -0.2) is 26.8 Å². The average molecular weight is 425 g/mol. The Kier molecular flexibility index (Phi) is 6.78. The van der Waals surface area contributed by atoms with Crippen LogP contribution in [0.25, 0.3) is 0 Å². The third kappa shape index (κ3) is 6.63. The van der Waals surface area contributed by atoms with Crippen LogP contribution in [0.4, 0.5) is 0 Å². The molecule has 0 saturated heterocycles. The molecule has 1 N–H and O–H groups in total. The molecule has 0 unspecified atom stereocenters. The zero-order valence-electron chi connectivity index (χ0n) is 15.6. The van der Waals surface area contributed by atoms with E-state index in [0.717, 1.165) is 6.26 Å². The fourth-order valence-electron chi connectivity index (χ4n) is 3.07. The summed E-state index contributed by atoms with van der Waals surface area (Å²) in [6, 6.07) is 17.5. The van der Waals surface area contributed by atoms with Crippen molar-refractivity contribution in [3.63, 3.8) is 0 Å². The Bertz CT molecular complexity index is 853. The van der Waals surface area contributed by atoms with E-state index in [1.807, 2.05) is 12.1 Å². The van der Waals surface area contributed by atoms with Crippen molar-refractivity contribution >= 4 is 17.9 Å². The standard InChI is InChI=1S/C19H24NO6PS/c1-28(22,23)26-19-14-12-16(13-15-19)20-27(21,24-17-8-4-2-5-9-17)25-18-10-6-3-7-11-18/h2-11,16,19H,12-15H2,1H3,(H,20,21). The molecule has 0 bridgehead atoms. The minimum absolute atomic E-state index is 0.141. The molecule has 0 radical (unpaired) electrons. The molecule has 1 fully saturated rings. The van der Waals surface area contributed by atoms with Gasteiger partial charge in [0, 0.05) is 6.04 Å². The Morgan fingerprint density at radius 3 is 1.75 bits per heavy atom. The number of rotatable bonds is 8. The average Bonchev–Trinajstić information content (AvgIpc) is 2.63. The maximum absolute atomic E-state index is 13.4. The highest BCUT2D eigenvalue weighted by Gasteiger charge is 2.34. The molecular formula is C19H24NO6PS. The molecule has 0 spiro atoms. The van der Waals surface area contributed by atoms with Crippen molar-refractivity contribution in [2.75, 3.05) is 6.26 Å². The normalized spacial score (nSPS) is 20.5. The third-order valence-corrected chi connectivity index (χ3v) is 6.47. The summed E-state index contributed by atoms with van der Waals surface area (Å²) in [6.07, 6.45) is 2.98. The Morgan fingerprint density at radius 2 is 1.32 bits per heavy atom. The van der Waals surface area contributed by atoms with Crippen LogP contribution in [0.15, 0.2) is 60.7 Å². The van der Waals surface area contributed by atoms with Crippen molar-refractivity contribution in [3.05, 3.63) is 60.7 Å². The third-order valence-electron chi connectivity index (χ3n) is 4.26. The van der Waals surface area contributed by atoms with Gasteiger partial charge in [-0.3, -0.25) is 4.18 Å². The van der Waals surface area contributed by atoms with E-state index in [4.69, 9.17) is 13.2 Å². The molecule has 2 aromatic carbocycles. The molecule has 28 heavy (non-hydrogen) atoms. The summed E-state index contributed by atoms with van der Waals surface area (Å²) in [6.45, 7) is 0. The molecule has 2 aromatic rings. The molecule has 1 aliphatic rings. The summed E-state index contributed by atoms with van der Waals surface area (Å²) >= 11 is 0. The number of hydrogen-bond acceptors (Lipinski definition) is 6. The Balaban J connectivity index is 1.68.